The summed E-state index contributed by atoms with van der Waals surface area (Å²) in [7, 11) is 0. The summed E-state index contributed by atoms with van der Waals surface area (Å²) in [4.78, 5) is 16.6. The molecule has 2 aromatic rings. The number of nitrogens with zero attached hydrogens (tertiary/aromatic N) is 1. The van der Waals surface area contributed by atoms with Gasteiger partial charge < -0.3 is 5.32 Å². The molecule has 1 N–H and O–H groups in total. The van der Waals surface area contributed by atoms with Crippen molar-refractivity contribution in [1.29, 1.82) is 0 Å². The van der Waals surface area contributed by atoms with Crippen molar-refractivity contribution in [2.75, 3.05) is 5.32 Å². The maximum atomic E-state index is 11.8. The van der Waals surface area contributed by atoms with Crippen molar-refractivity contribution < 1.29 is 4.79 Å². The van der Waals surface area contributed by atoms with Gasteiger partial charge in [-0.05, 0) is 45.7 Å². The molecule has 3 rings (SSSR count). The van der Waals surface area contributed by atoms with E-state index in [0.29, 0.717) is 0 Å². The molecule has 3 heteroatoms. The second-order valence-corrected chi connectivity index (χ2v) is 13.6. The molecule has 0 atom stereocenters. The number of aliphatic imine (C=N–C) groups is 1. The molecule has 0 aromatic heterocycles. The Bertz CT molecular complexity index is 1030. The number of carbonyl (C=O) groups is 1. The van der Waals surface area contributed by atoms with Crippen molar-refractivity contribution in [3.05, 3.63) is 59.2 Å². The molecule has 3 nitrogen and oxygen atoms in total. The van der Waals surface area contributed by atoms with Crippen LogP contribution in [0, 0.1) is 10.8 Å². The first-order valence-electron chi connectivity index (χ1n) is 14.4. The minimum absolute atomic E-state index is 0. The zero-order valence-corrected chi connectivity index (χ0v) is 27.6. The van der Waals surface area contributed by atoms with Crippen LogP contribution in [0.25, 0.3) is 0 Å². The first-order chi connectivity index (χ1) is 17.3. The molecular weight excluding hydrogens is 476 g/mol. The number of carbonyl (C=O) groups excluding carboxylic acids is 1. The average Bonchev–Trinajstić information content (AvgIpc) is 3.25. The molecule has 1 aliphatic heterocycles. The van der Waals surface area contributed by atoms with Crippen molar-refractivity contribution in [3.63, 3.8) is 0 Å². The number of nitrogens with one attached hydrogen (secondary N) is 1. The monoisotopic (exact) mass is 538 g/mol. The second kappa shape index (κ2) is 15.4. The van der Waals surface area contributed by atoms with Gasteiger partial charge in [0, 0.05) is 28.6 Å². The summed E-state index contributed by atoms with van der Waals surface area (Å²) in [5, 5.41) is 2.92. The van der Waals surface area contributed by atoms with E-state index >= 15 is 0 Å². The maximum absolute atomic E-state index is 11.8. The summed E-state index contributed by atoms with van der Waals surface area (Å²) >= 11 is 0. The van der Waals surface area contributed by atoms with Gasteiger partial charge in [0.2, 0.25) is 5.91 Å². The Hall–Kier alpha value is -2.42. The summed E-state index contributed by atoms with van der Waals surface area (Å²) in [5.74, 6) is 0.0426. The van der Waals surface area contributed by atoms with Gasteiger partial charge in [-0.1, -0.05) is 142 Å². The highest BCUT2D eigenvalue weighted by Crippen LogP contribution is 2.36. The van der Waals surface area contributed by atoms with Crippen LogP contribution in [-0.2, 0) is 22.0 Å². The molecule has 1 amide bonds. The summed E-state index contributed by atoms with van der Waals surface area (Å²) < 4.78 is 0. The van der Waals surface area contributed by atoms with Gasteiger partial charge in [-0.15, -0.1) is 0 Å². The summed E-state index contributed by atoms with van der Waals surface area (Å²) in [6.45, 7) is 33.7. The lowest BCUT2D eigenvalue weighted by atomic mass is 9.85. The minimum atomic E-state index is -0.358. The smallest absolute Gasteiger partial charge is 0.229 e. The van der Waals surface area contributed by atoms with Crippen LogP contribution in [-0.4, -0.2) is 11.6 Å². The normalized spacial score (nSPS) is 12.6. The van der Waals surface area contributed by atoms with Crippen LogP contribution < -0.4 is 5.32 Å². The SMILES string of the molecule is C.CC.CC.CC(C)(C)C(=O)Nc1ccc(C(C)(C)C)cc1.CC(C)(C)C1=Nc2cc(C(C)(C)C)ccc2C1. The van der Waals surface area contributed by atoms with Gasteiger partial charge in [-0.3, -0.25) is 9.79 Å². The number of hydrogen-bond donors (Lipinski definition) is 1. The van der Waals surface area contributed by atoms with Gasteiger partial charge in [0.05, 0.1) is 5.69 Å². The molecule has 0 saturated heterocycles. The lowest BCUT2D eigenvalue weighted by Crippen LogP contribution is -2.27. The third-order valence-corrected chi connectivity index (χ3v) is 6.12. The minimum Gasteiger partial charge on any atom is -0.326 e. The zero-order chi connectivity index (χ0) is 30.1. The first kappa shape index (κ1) is 38.7. The van der Waals surface area contributed by atoms with Crippen molar-refractivity contribution >= 4 is 23.0 Å². The Morgan fingerprint density at radius 3 is 1.49 bits per heavy atom. The van der Waals surface area contributed by atoms with Crippen LogP contribution in [0.1, 0.15) is 135 Å². The Kier molecular flexibility index (Phi) is 15.3. The highest BCUT2D eigenvalue weighted by molar-refractivity contribution is 5.97. The van der Waals surface area contributed by atoms with Gasteiger partial charge in [0.15, 0.2) is 0 Å². The highest BCUT2D eigenvalue weighted by Gasteiger charge is 2.26. The molecule has 0 unspecified atom stereocenters. The number of benzene rings is 2. The van der Waals surface area contributed by atoms with Gasteiger partial charge in [-0.25, -0.2) is 0 Å². The lowest BCUT2D eigenvalue weighted by Gasteiger charge is -2.20. The fraction of sp³-hybridized carbons (Fsp3) is 0.611. The average molecular weight is 539 g/mol. The van der Waals surface area contributed by atoms with Crippen molar-refractivity contribution in [2.45, 2.75) is 135 Å². The molecule has 0 fully saturated rings. The zero-order valence-electron chi connectivity index (χ0n) is 27.6. The van der Waals surface area contributed by atoms with E-state index in [4.69, 9.17) is 4.99 Å². The molecule has 0 spiro atoms. The van der Waals surface area contributed by atoms with E-state index in [0.717, 1.165) is 12.1 Å². The van der Waals surface area contributed by atoms with Crippen molar-refractivity contribution in [1.82, 2.24) is 0 Å². The Morgan fingerprint density at radius 1 is 0.667 bits per heavy atom. The summed E-state index contributed by atoms with van der Waals surface area (Å²) in [6, 6.07) is 14.8. The molecule has 0 bridgehead atoms. The first-order valence-corrected chi connectivity index (χ1v) is 14.4. The standard InChI is InChI=1S/C16H23N.C15H23NO.2C2H6.CH4/c1-15(2,3)12-8-7-11-9-14(16(4,5)6)17-13(11)10-12;1-14(2,3)11-7-9-12(10-8-11)16-13(17)15(4,5)6;2*1-2;/h7-8,10H,9H2,1-6H3;7-10H,1-6H3,(H,16,17);2*1-2H3;1H4. The molecule has 2 aromatic carbocycles. The van der Waals surface area contributed by atoms with E-state index < -0.39 is 0 Å². The fourth-order valence-electron chi connectivity index (χ4n) is 3.45. The van der Waals surface area contributed by atoms with Gasteiger partial charge in [0.1, 0.15) is 0 Å². The summed E-state index contributed by atoms with van der Waals surface area (Å²) in [6.07, 6.45) is 1.02. The number of amides is 1. The molecule has 0 aliphatic carbocycles. The van der Waals surface area contributed by atoms with Crippen LogP contribution >= 0.6 is 0 Å². The van der Waals surface area contributed by atoms with Crippen molar-refractivity contribution in [3.8, 4) is 0 Å². The van der Waals surface area contributed by atoms with Gasteiger partial charge in [-0.2, -0.15) is 0 Å². The number of fused-ring (bicyclic) bond motifs is 1. The van der Waals surface area contributed by atoms with E-state index in [1.807, 2.05) is 60.6 Å². The summed E-state index contributed by atoms with van der Waals surface area (Å²) in [5.41, 5.74) is 7.54. The topological polar surface area (TPSA) is 41.5 Å². The van der Waals surface area contributed by atoms with Crippen LogP contribution in [0.4, 0.5) is 11.4 Å². The number of anilines is 1. The number of hydrogen-bond acceptors (Lipinski definition) is 2. The Balaban J connectivity index is 0. The second-order valence-electron chi connectivity index (χ2n) is 13.6. The van der Waals surface area contributed by atoms with Gasteiger partial charge >= 0.3 is 0 Å². The van der Waals surface area contributed by atoms with E-state index in [1.54, 1.807) is 0 Å². The fourth-order valence-corrected chi connectivity index (χ4v) is 3.45. The molecule has 1 aliphatic rings. The van der Waals surface area contributed by atoms with Crippen LogP contribution in [0.15, 0.2) is 47.5 Å². The van der Waals surface area contributed by atoms with E-state index in [1.165, 1.54) is 28.1 Å². The van der Waals surface area contributed by atoms with E-state index in [2.05, 4.69) is 98.0 Å². The maximum Gasteiger partial charge on any atom is 0.229 e. The Morgan fingerprint density at radius 2 is 1.10 bits per heavy atom. The third-order valence-electron chi connectivity index (χ3n) is 6.12. The van der Waals surface area contributed by atoms with Crippen LogP contribution in [0.3, 0.4) is 0 Å². The predicted molar refractivity (Wildman–Crippen MR) is 178 cm³/mol. The predicted octanol–water partition coefficient (Wildman–Crippen LogP) is 11.3. The third kappa shape index (κ3) is 12.5. The lowest BCUT2D eigenvalue weighted by molar-refractivity contribution is -0.123. The van der Waals surface area contributed by atoms with Gasteiger partial charge in [0.25, 0.3) is 0 Å². The van der Waals surface area contributed by atoms with Crippen molar-refractivity contribution in [2.24, 2.45) is 15.8 Å². The molecular formula is C36H62N2O. The molecule has 0 saturated carbocycles. The molecule has 39 heavy (non-hydrogen) atoms. The molecule has 0 radical (unpaired) electrons. The van der Waals surface area contributed by atoms with E-state index in [-0.39, 0.29) is 35.0 Å². The highest BCUT2D eigenvalue weighted by atomic mass is 16.2. The molecule has 222 valence electrons. The van der Waals surface area contributed by atoms with Crippen LogP contribution in [0.5, 0.6) is 0 Å². The largest absolute Gasteiger partial charge is 0.326 e. The quantitative estimate of drug-likeness (QED) is 0.385. The number of rotatable bonds is 1. The Labute approximate surface area is 243 Å². The van der Waals surface area contributed by atoms with Crippen LogP contribution in [0.2, 0.25) is 0 Å². The van der Waals surface area contributed by atoms with E-state index in [9.17, 15) is 4.79 Å². The molecule has 1 heterocycles.